The molecule has 0 unspecified atom stereocenters. The fraction of sp³-hybridized carbons (Fsp3) is 0.421. The Bertz CT molecular complexity index is 833. The van der Waals surface area contributed by atoms with Crippen LogP contribution in [-0.4, -0.2) is 61.2 Å². The van der Waals surface area contributed by atoms with E-state index in [2.05, 4.69) is 20.2 Å². The maximum atomic E-state index is 12.6. The van der Waals surface area contributed by atoms with E-state index in [4.69, 9.17) is 11.6 Å². The van der Waals surface area contributed by atoms with Crippen LogP contribution >= 0.6 is 11.6 Å². The number of carbonyl (C=O) groups is 1. The van der Waals surface area contributed by atoms with Gasteiger partial charge in [-0.05, 0) is 31.5 Å². The van der Waals surface area contributed by atoms with Crippen molar-refractivity contribution in [3.05, 3.63) is 40.7 Å². The number of urea groups is 1. The van der Waals surface area contributed by atoms with Crippen molar-refractivity contribution in [1.29, 1.82) is 0 Å². The van der Waals surface area contributed by atoms with Gasteiger partial charge in [0.2, 0.25) is 0 Å². The van der Waals surface area contributed by atoms with E-state index in [-0.39, 0.29) is 6.03 Å². The third kappa shape index (κ3) is 4.60. The Morgan fingerprint density at radius 2 is 1.81 bits per heavy atom. The SMILES string of the molecule is Cc1ccc(NC(=O)N2CCN(c3cc(N(C)C)nc(C)n3)CC2)c(Cl)c1. The van der Waals surface area contributed by atoms with Gasteiger partial charge < -0.3 is 20.0 Å². The van der Waals surface area contributed by atoms with Crippen molar-refractivity contribution in [3.8, 4) is 0 Å². The number of anilines is 3. The molecule has 0 spiro atoms. The van der Waals surface area contributed by atoms with Gasteiger partial charge in [-0.3, -0.25) is 0 Å². The zero-order chi connectivity index (χ0) is 19.6. The molecule has 1 N–H and O–H groups in total. The molecule has 2 amide bonds. The van der Waals surface area contributed by atoms with E-state index in [9.17, 15) is 4.79 Å². The third-order valence-corrected chi connectivity index (χ3v) is 4.84. The number of hydrogen-bond acceptors (Lipinski definition) is 5. The van der Waals surface area contributed by atoms with Crippen LogP contribution in [0.15, 0.2) is 24.3 Å². The highest BCUT2D eigenvalue weighted by Gasteiger charge is 2.23. The van der Waals surface area contributed by atoms with Crippen LogP contribution in [0.2, 0.25) is 5.02 Å². The van der Waals surface area contributed by atoms with E-state index in [0.29, 0.717) is 23.8 Å². The number of carbonyl (C=O) groups excluding carboxylic acids is 1. The van der Waals surface area contributed by atoms with Gasteiger partial charge in [-0.2, -0.15) is 0 Å². The van der Waals surface area contributed by atoms with Crippen molar-refractivity contribution in [1.82, 2.24) is 14.9 Å². The Hall–Kier alpha value is -2.54. The molecule has 1 aliphatic heterocycles. The van der Waals surface area contributed by atoms with Crippen LogP contribution in [-0.2, 0) is 0 Å². The van der Waals surface area contributed by atoms with Crippen LogP contribution in [0.5, 0.6) is 0 Å². The molecule has 1 aromatic carbocycles. The largest absolute Gasteiger partial charge is 0.363 e. The number of aryl methyl sites for hydroxylation is 2. The topological polar surface area (TPSA) is 64.6 Å². The van der Waals surface area contributed by atoms with Crippen LogP contribution in [0.4, 0.5) is 22.1 Å². The highest BCUT2D eigenvalue weighted by Crippen LogP contribution is 2.24. The van der Waals surface area contributed by atoms with E-state index < -0.39 is 0 Å². The number of nitrogens with one attached hydrogen (secondary N) is 1. The summed E-state index contributed by atoms with van der Waals surface area (Å²) in [6, 6.07) is 7.45. The fourth-order valence-corrected chi connectivity index (χ4v) is 3.26. The first-order chi connectivity index (χ1) is 12.8. The normalized spacial score (nSPS) is 14.3. The molecule has 7 nitrogen and oxygen atoms in total. The number of benzene rings is 1. The molecule has 8 heteroatoms. The number of halogens is 1. The van der Waals surface area contributed by atoms with Crippen molar-refractivity contribution < 1.29 is 4.79 Å². The van der Waals surface area contributed by atoms with Gasteiger partial charge in [0.1, 0.15) is 17.5 Å². The molecule has 2 heterocycles. The Morgan fingerprint density at radius 3 is 2.44 bits per heavy atom. The van der Waals surface area contributed by atoms with Crippen molar-refractivity contribution in [2.45, 2.75) is 13.8 Å². The first-order valence-electron chi connectivity index (χ1n) is 8.93. The summed E-state index contributed by atoms with van der Waals surface area (Å²) in [5, 5.41) is 3.45. The van der Waals surface area contributed by atoms with Crippen LogP contribution in [0.1, 0.15) is 11.4 Å². The summed E-state index contributed by atoms with van der Waals surface area (Å²) in [5.41, 5.74) is 1.69. The maximum Gasteiger partial charge on any atom is 0.322 e. The average molecular weight is 389 g/mol. The van der Waals surface area contributed by atoms with Gasteiger partial charge in [0.05, 0.1) is 10.7 Å². The molecule has 0 aliphatic carbocycles. The van der Waals surface area contributed by atoms with Gasteiger partial charge in [-0.15, -0.1) is 0 Å². The minimum Gasteiger partial charge on any atom is -0.363 e. The van der Waals surface area contributed by atoms with Crippen LogP contribution in [0.25, 0.3) is 0 Å². The summed E-state index contributed by atoms with van der Waals surface area (Å²) in [6.45, 7) is 6.54. The summed E-state index contributed by atoms with van der Waals surface area (Å²) in [6.07, 6.45) is 0. The van der Waals surface area contributed by atoms with Gasteiger partial charge in [-0.1, -0.05) is 17.7 Å². The third-order valence-electron chi connectivity index (χ3n) is 4.53. The van der Waals surface area contributed by atoms with E-state index in [0.717, 1.165) is 36.1 Å². The Labute approximate surface area is 165 Å². The van der Waals surface area contributed by atoms with Crippen molar-refractivity contribution in [2.75, 3.05) is 55.4 Å². The predicted molar refractivity (Wildman–Crippen MR) is 110 cm³/mol. The van der Waals surface area contributed by atoms with Crippen LogP contribution in [0.3, 0.4) is 0 Å². The van der Waals surface area contributed by atoms with Gasteiger partial charge in [-0.25, -0.2) is 14.8 Å². The monoisotopic (exact) mass is 388 g/mol. The van der Waals surface area contributed by atoms with E-state index in [1.54, 1.807) is 4.90 Å². The number of aromatic nitrogens is 2. The van der Waals surface area contributed by atoms with Gasteiger partial charge >= 0.3 is 6.03 Å². The molecule has 2 aromatic rings. The molecular weight excluding hydrogens is 364 g/mol. The summed E-state index contributed by atoms with van der Waals surface area (Å²) >= 11 is 6.21. The molecule has 1 saturated heterocycles. The number of rotatable bonds is 3. The average Bonchev–Trinajstić information content (AvgIpc) is 2.63. The van der Waals surface area contributed by atoms with Crippen molar-refractivity contribution >= 4 is 35.0 Å². The lowest BCUT2D eigenvalue weighted by Gasteiger charge is -2.35. The lowest BCUT2D eigenvalue weighted by Crippen LogP contribution is -2.50. The molecule has 1 aliphatic rings. The molecule has 1 fully saturated rings. The van der Waals surface area contributed by atoms with E-state index in [1.165, 1.54) is 0 Å². The fourth-order valence-electron chi connectivity index (χ4n) is 2.98. The molecule has 3 rings (SSSR count). The first kappa shape index (κ1) is 19.2. The maximum absolute atomic E-state index is 12.6. The molecule has 0 saturated carbocycles. The zero-order valence-corrected chi connectivity index (χ0v) is 16.9. The number of amides is 2. The first-order valence-corrected chi connectivity index (χ1v) is 9.31. The van der Waals surface area contributed by atoms with Crippen molar-refractivity contribution in [3.63, 3.8) is 0 Å². The lowest BCUT2D eigenvalue weighted by atomic mass is 10.2. The second-order valence-corrected chi connectivity index (χ2v) is 7.32. The number of nitrogens with zero attached hydrogens (tertiary/aromatic N) is 5. The number of hydrogen-bond donors (Lipinski definition) is 1. The minimum atomic E-state index is -0.131. The predicted octanol–water partition coefficient (Wildman–Crippen LogP) is 3.17. The van der Waals surface area contributed by atoms with Gasteiger partial charge in [0.15, 0.2) is 0 Å². The zero-order valence-electron chi connectivity index (χ0n) is 16.2. The highest BCUT2D eigenvalue weighted by molar-refractivity contribution is 6.33. The second kappa shape index (κ2) is 8.00. The molecule has 144 valence electrons. The van der Waals surface area contributed by atoms with Crippen LogP contribution < -0.4 is 15.1 Å². The summed E-state index contributed by atoms with van der Waals surface area (Å²) in [5.74, 6) is 2.52. The molecule has 27 heavy (non-hydrogen) atoms. The molecular formula is C19H25ClN6O. The molecule has 1 aromatic heterocycles. The highest BCUT2D eigenvalue weighted by atomic mass is 35.5. The van der Waals surface area contributed by atoms with Crippen molar-refractivity contribution in [2.24, 2.45) is 0 Å². The standard InChI is InChI=1S/C19H25ClN6O/c1-13-5-6-16(15(20)11-13)23-19(27)26-9-7-25(8-10-26)18-12-17(24(3)4)21-14(2)22-18/h5-6,11-12H,7-10H2,1-4H3,(H,23,27). The smallest absolute Gasteiger partial charge is 0.322 e. The summed E-state index contributed by atoms with van der Waals surface area (Å²) < 4.78 is 0. The summed E-state index contributed by atoms with van der Waals surface area (Å²) in [4.78, 5) is 27.5. The minimum absolute atomic E-state index is 0.131. The Morgan fingerprint density at radius 1 is 1.11 bits per heavy atom. The molecule has 0 radical (unpaired) electrons. The molecule has 0 atom stereocenters. The number of piperazine rings is 1. The van der Waals surface area contributed by atoms with Gasteiger partial charge in [0.25, 0.3) is 0 Å². The van der Waals surface area contributed by atoms with E-state index >= 15 is 0 Å². The quantitative estimate of drug-likeness (QED) is 0.874. The Kier molecular flexibility index (Phi) is 5.70. The van der Waals surface area contributed by atoms with Gasteiger partial charge in [0, 0.05) is 46.3 Å². The molecule has 0 bridgehead atoms. The van der Waals surface area contributed by atoms with E-state index in [1.807, 2.05) is 57.1 Å². The lowest BCUT2D eigenvalue weighted by molar-refractivity contribution is 0.208. The van der Waals surface area contributed by atoms with Crippen LogP contribution in [0, 0.1) is 13.8 Å². The Balaban J connectivity index is 1.62. The summed E-state index contributed by atoms with van der Waals surface area (Å²) in [7, 11) is 3.92. The second-order valence-electron chi connectivity index (χ2n) is 6.91.